The Balaban J connectivity index is 1.38. The zero-order valence-corrected chi connectivity index (χ0v) is 16.0. The molecule has 2 saturated heterocycles. The van der Waals surface area contributed by atoms with Crippen molar-refractivity contribution in [2.24, 2.45) is 0 Å². The van der Waals surface area contributed by atoms with Crippen molar-refractivity contribution in [3.05, 3.63) is 51.4 Å². The molecule has 2 fully saturated rings. The first kappa shape index (κ1) is 19.2. The van der Waals surface area contributed by atoms with E-state index in [9.17, 15) is 18.4 Å². The summed E-state index contributed by atoms with van der Waals surface area (Å²) in [5.74, 6) is -1.35. The number of fused-ring (bicyclic) bond motifs is 3. The number of hydrogen-bond donors (Lipinski definition) is 2. The number of pyridine rings is 1. The monoisotopic (exact) mass is 409 g/mol. The van der Waals surface area contributed by atoms with Crippen molar-refractivity contribution in [2.45, 2.75) is 43.6 Å². The highest BCUT2D eigenvalue weighted by atomic mass is 32.2. The fraction of sp³-hybridized carbons (Fsp3) is 0.474. The number of hydrogen-bond acceptors (Lipinski definition) is 5. The van der Waals surface area contributed by atoms with Crippen LogP contribution in [0.5, 0.6) is 0 Å². The van der Waals surface area contributed by atoms with Crippen LogP contribution in [0.3, 0.4) is 0 Å². The number of dihydropyridines is 1. The molecule has 0 aromatic carbocycles. The molecule has 1 aromatic rings. The molecule has 0 saturated carbocycles. The van der Waals surface area contributed by atoms with Crippen LogP contribution in [0.25, 0.3) is 0 Å². The molecule has 5 rings (SSSR count). The van der Waals surface area contributed by atoms with Gasteiger partial charge in [0.2, 0.25) is 5.91 Å². The van der Waals surface area contributed by atoms with Gasteiger partial charge >= 0.3 is 0 Å². The summed E-state index contributed by atoms with van der Waals surface area (Å²) in [6.07, 6.45) is 6.85. The van der Waals surface area contributed by atoms with Crippen molar-refractivity contribution in [1.82, 2.24) is 9.88 Å². The third-order valence-electron chi connectivity index (χ3n) is 5.22. The number of aryl methyl sites for hydroxylation is 1. The Kier molecular flexibility index (Phi) is 5.54. The number of nitrogens with one attached hydrogen (secondary N) is 2. The number of piperidine rings is 1. The smallest absolute Gasteiger partial charge is 0.286 e. The maximum absolute atomic E-state index is 13.7. The Bertz CT molecular complexity index is 892. The lowest BCUT2D eigenvalue weighted by Crippen LogP contribution is -2.35. The molecule has 2 atom stereocenters. The van der Waals surface area contributed by atoms with Gasteiger partial charge in [-0.2, -0.15) is 0 Å². The average molecular weight is 409 g/mol. The van der Waals surface area contributed by atoms with Crippen LogP contribution in [-0.4, -0.2) is 35.0 Å². The molecule has 9 heteroatoms. The molecule has 2 N–H and O–H groups in total. The number of allylic oxidation sites excluding steroid dienone is 1. The van der Waals surface area contributed by atoms with Gasteiger partial charge in [0.15, 0.2) is 5.82 Å². The average Bonchev–Trinajstić information content (AvgIpc) is 2.72. The molecular formula is C19H21F2N3O3S. The van der Waals surface area contributed by atoms with Crippen LogP contribution < -0.4 is 16.2 Å². The molecule has 0 radical (unpaired) electrons. The minimum Gasteiger partial charge on any atom is -0.385 e. The summed E-state index contributed by atoms with van der Waals surface area (Å²) < 4.78 is 33.1. The summed E-state index contributed by atoms with van der Waals surface area (Å²) in [6.45, 7) is -0.187. The van der Waals surface area contributed by atoms with E-state index in [1.165, 1.54) is 23.0 Å². The second-order valence-corrected chi connectivity index (χ2v) is 8.04. The Morgan fingerprint density at radius 2 is 2.25 bits per heavy atom. The second kappa shape index (κ2) is 8.08. The highest BCUT2D eigenvalue weighted by Crippen LogP contribution is 2.38. The molecular weight excluding hydrogens is 388 g/mol. The fourth-order valence-electron chi connectivity index (χ4n) is 3.73. The number of halogens is 2. The summed E-state index contributed by atoms with van der Waals surface area (Å²) in [4.78, 5) is 24.1. The normalized spacial score (nSPS) is 24.0. The van der Waals surface area contributed by atoms with Crippen molar-refractivity contribution in [2.75, 3.05) is 18.5 Å². The first-order chi connectivity index (χ1) is 13.5. The summed E-state index contributed by atoms with van der Waals surface area (Å²) >= 11 is 1.12. The van der Waals surface area contributed by atoms with Crippen LogP contribution in [0.2, 0.25) is 0 Å². The Morgan fingerprint density at radius 1 is 1.39 bits per heavy atom. The third-order valence-corrected chi connectivity index (χ3v) is 6.24. The quantitative estimate of drug-likeness (QED) is 0.732. The number of amides is 1. The molecule has 2 bridgehead atoms. The molecule has 1 amide bonds. The molecule has 2 unspecified atom stereocenters. The van der Waals surface area contributed by atoms with E-state index in [0.717, 1.165) is 48.5 Å². The summed E-state index contributed by atoms with van der Waals surface area (Å²) in [5, 5.41) is 5.53. The lowest BCUT2D eigenvalue weighted by molar-refractivity contribution is -0.116. The van der Waals surface area contributed by atoms with Crippen molar-refractivity contribution >= 4 is 23.6 Å². The summed E-state index contributed by atoms with van der Waals surface area (Å²) in [7, 11) is 0. The molecule has 3 aliphatic heterocycles. The van der Waals surface area contributed by atoms with Gasteiger partial charge in [-0.15, -0.1) is 0 Å². The number of rotatable bonds is 5. The molecule has 1 aliphatic carbocycles. The van der Waals surface area contributed by atoms with Gasteiger partial charge in [-0.1, -0.05) is 0 Å². The van der Waals surface area contributed by atoms with E-state index in [1.807, 2.05) is 0 Å². The van der Waals surface area contributed by atoms with Gasteiger partial charge in [-0.05, 0) is 42.9 Å². The molecule has 1 aromatic heterocycles. The van der Waals surface area contributed by atoms with Crippen LogP contribution >= 0.6 is 12.0 Å². The Morgan fingerprint density at radius 3 is 2.86 bits per heavy atom. The summed E-state index contributed by atoms with van der Waals surface area (Å²) in [6, 6.07) is 0.955. The standard InChI is InChI=1S/C19H21F2N3O3S/c20-5-6-24-10-13(8-15(21)19(24)26)23-18(25)17-4-3-16(27-28-17)14-7-12-2-1-11(14)9-22-12/h7-8,10,16-17,22H,1-6,9H2,(H,23,25). The number of carbonyl (C=O) groups excluding carboxylic acids is 1. The van der Waals surface area contributed by atoms with E-state index in [2.05, 4.69) is 16.7 Å². The van der Waals surface area contributed by atoms with Crippen molar-refractivity contribution in [1.29, 1.82) is 0 Å². The largest absolute Gasteiger partial charge is 0.385 e. The van der Waals surface area contributed by atoms with Gasteiger partial charge in [0.1, 0.15) is 11.9 Å². The van der Waals surface area contributed by atoms with Crippen molar-refractivity contribution < 1.29 is 17.8 Å². The zero-order valence-electron chi connectivity index (χ0n) is 15.2. The summed E-state index contributed by atoms with van der Waals surface area (Å²) in [5.41, 5.74) is 3.06. The van der Waals surface area contributed by atoms with Crippen LogP contribution in [0.1, 0.15) is 25.7 Å². The fourth-order valence-corrected chi connectivity index (χ4v) is 4.57. The minimum atomic E-state index is -1.03. The predicted molar refractivity (Wildman–Crippen MR) is 103 cm³/mol. The molecule has 4 heterocycles. The van der Waals surface area contributed by atoms with Gasteiger partial charge in [0.05, 0.1) is 18.3 Å². The number of aromatic nitrogens is 1. The van der Waals surface area contributed by atoms with E-state index < -0.39 is 23.3 Å². The van der Waals surface area contributed by atoms with Gasteiger partial charge < -0.3 is 19.4 Å². The van der Waals surface area contributed by atoms with E-state index >= 15 is 0 Å². The Labute approximate surface area is 165 Å². The first-order valence-electron chi connectivity index (χ1n) is 9.30. The third kappa shape index (κ3) is 3.86. The maximum Gasteiger partial charge on any atom is 0.286 e. The molecule has 28 heavy (non-hydrogen) atoms. The zero-order chi connectivity index (χ0) is 19.7. The SMILES string of the molecule is O=C(Nc1cc(F)c(=O)n(CCF)c1)C1CCC(C2=C3CCC(=C2)NC3)OS1. The molecule has 150 valence electrons. The number of nitrogens with zero attached hydrogens (tertiary/aromatic N) is 1. The maximum atomic E-state index is 13.7. The van der Waals surface area contributed by atoms with E-state index in [4.69, 9.17) is 4.18 Å². The molecule has 6 nitrogen and oxygen atoms in total. The van der Waals surface area contributed by atoms with Crippen LogP contribution in [0.4, 0.5) is 14.5 Å². The molecule has 4 aliphatic rings. The van der Waals surface area contributed by atoms with Gasteiger partial charge in [-0.25, -0.2) is 8.78 Å². The first-order valence-corrected chi connectivity index (χ1v) is 10.1. The second-order valence-electron chi connectivity index (χ2n) is 7.08. The van der Waals surface area contributed by atoms with E-state index in [0.29, 0.717) is 6.42 Å². The van der Waals surface area contributed by atoms with Crippen molar-refractivity contribution in [3.8, 4) is 0 Å². The predicted octanol–water partition coefficient (Wildman–Crippen LogP) is 2.67. The van der Waals surface area contributed by atoms with E-state index in [-0.39, 0.29) is 24.2 Å². The number of carbonyl (C=O) groups is 1. The van der Waals surface area contributed by atoms with Gasteiger partial charge in [0.25, 0.3) is 5.56 Å². The van der Waals surface area contributed by atoms with Crippen LogP contribution in [0, 0.1) is 5.82 Å². The molecule has 0 spiro atoms. The number of alkyl halides is 1. The lowest BCUT2D eigenvalue weighted by atomic mass is 9.87. The number of anilines is 1. The highest BCUT2D eigenvalue weighted by molar-refractivity contribution is 7.96. The highest BCUT2D eigenvalue weighted by Gasteiger charge is 2.33. The van der Waals surface area contributed by atoms with Crippen LogP contribution in [-0.2, 0) is 15.5 Å². The van der Waals surface area contributed by atoms with Crippen LogP contribution in [0.15, 0.2) is 40.0 Å². The van der Waals surface area contributed by atoms with E-state index in [1.54, 1.807) is 0 Å². The lowest BCUT2D eigenvalue weighted by Gasteiger charge is -2.34. The Hall–Kier alpha value is -2.13. The minimum absolute atomic E-state index is 0.0228. The van der Waals surface area contributed by atoms with Gasteiger partial charge in [-0.3, -0.25) is 9.59 Å². The topological polar surface area (TPSA) is 72.4 Å². The van der Waals surface area contributed by atoms with Gasteiger partial charge in [0, 0.05) is 36.5 Å². The van der Waals surface area contributed by atoms with Crippen molar-refractivity contribution in [3.63, 3.8) is 0 Å².